The SMILES string of the molecule is CC(NC(=O)C(C)(C)COCc1ccccc1)c1ccc(OCC(=O)O)cc1. The lowest BCUT2D eigenvalue weighted by Crippen LogP contribution is -2.41. The van der Waals surface area contributed by atoms with E-state index in [9.17, 15) is 9.59 Å². The molecule has 1 atom stereocenters. The van der Waals surface area contributed by atoms with Gasteiger partial charge in [0.15, 0.2) is 6.61 Å². The monoisotopic (exact) mass is 385 g/mol. The molecule has 6 nitrogen and oxygen atoms in total. The fourth-order valence-electron chi connectivity index (χ4n) is 2.54. The van der Waals surface area contributed by atoms with Crippen LogP contribution in [-0.4, -0.2) is 30.2 Å². The normalized spacial score (nSPS) is 12.2. The Morgan fingerprint density at radius 2 is 1.71 bits per heavy atom. The van der Waals surface area contributed by atoms with Gasteiger partial charge in [-0.15, -0.1) is 0 Å². The van der Waals surface area contributed by atoms with Crippen LogP contribution in [0.4, 0.5) is 0 Å². The summed E-state index contributed by atoms with van der Waals surface area (Å²) in [5.74, 6) is -0.653. The molecule has 0 aliphatic carbocycles. The first-order valence-electron chi connectivity index (χ1n) is 9.15. The van der Waals surface area contributed by atoms with Crippen molar-refractivity contribution >= 4 is 11.9 Å². The van der Waals surface area contributed by atoms with Crippen molar-refractivity contribution in [1.82, 2.24) is 5.32 Å². The quantitative estimate of drug-likeness (QED) is 0.653. The van der Waals surface area contributed by atoms with Crippen LogP contribution in [0.2, 0.25) is 0 Å². The molecule has 1 unspecified atom stereocenters. The molecule has 0 bridgehead atoms. The minimum Gasteiger partial charge on any atom is -0.482 e. The van der Waals surface area contributed by atoms with Gasteiger partial charge in [-0.2, -0.15) is 0 Å². The van der Waals surface area contributed by atoms with Crippen molar-refractivity contribution in [3.8, 4) is 5.75 Å². The van der Waals surface area contributed by atoms with Crippen molar-refractivity contribution in [2.45, 2.75) is 33.4 Å². The molecule has 2 rings (SSSR count). The van der Waals surface area contributed by atoms with Gasteiger partial charge in [0.25, 0.3) is 0 Å². The van der Waals surface area contributed by atoms with E-state index in [2.05, 4.69) is 5.32 Å². The van der Waals surface area contributed by atoms with Crippen molar-refractivity contribution < 1.29 is 24.2 Å². The molecule has 0 aliphatic heterocycles. The third kappa shape index (κ3) is 6.70. The van der Waals surface area contributed by atoms with Gasteiger partial charge in [-0.05, 0) is 44.0 Å². The molecule has 0 spiro atoms. The lowest BCUT2D eigenvalue weighted by molar-refractivity contribution is -0.139. The number of benzene rings is 2. The van der Waals surface area contributed by atoms with Gasteiger partial charge in [0.2, 0.25) is 5.91 Å². The van der Waals surface area contributed by atoms with Crippen LogP contribution in [0.1, 0.15) is 37.9 Å². The third-order valence-corrected chi connectivity index (χ3v) is 4.28. The van der Waals surface area contributed by atoms with E-state index in [1.807, 2.05) is 51.1 Å². The molecule has 0 aromatic heterocycles. The minimum absolute atomic E-state index is 0.0979. The van der Waals surface area contributed by atoms with E-state index in [0.29, 0.717) is 19.0 Å². The molecule has 2 N–H and O–H groups in total. The molecule has 2 aromatic carbocycles. The summed E-state index contributed by atoms with van der Waals surface area (Å²) in [6.45, 7) is 5.98. The summed E-state index contributed by atoms with van der Waals surface area (Å²) in [5, 5.41) is 11.6. The Labute approximate surface area is 165 Å². The fraction of sp³-hybridized carbons (Fsp3) is 0.364. The molecule has 0 saturated heterocycles. The zero-order valence-corrected chi connectivity index (χ0v) is 16.5. The standard InChI is InChI=1S/C22H27NO5/c1-16(18-9-11-19(12-10-18)28-14-20(24)25)23-21(26)22(2,3)15-27-13-17-7-5-4-6-8-17/h4-12,16H,13-15H2,1-3H3,(H,23,26)(H,24,25). The fourth-order valence-corrected chi connectivity index (χ4v) is 2.54. The summed E-state index contributed by atoms with van der Waals surface area (Å²) in [5.41, 5.74) is 1.29. The van der Waals surface area contributed by atoms with E-state index >= 15 is 0 Å². The van der Waals surface area contributed by atoms with Gasteiger partial charge in [-0.25, -0.2) is 4.79 Å². The Balaban J connectivity index is 1.84. The Morgan fingerprint density at radius 3 is 2.32 bits per heavy atom. The van der Waals surface area contributed by atoms with Gasteiger partial charge >= 0.3 is 5.97 Å². The summed E-state index contributed by atoms with van der Waals surface area (Å²) >= 11 is 0. The molecule has 0 saturated carbocycles. The molecule has 150 valence electrons. The topological polar surface area (TPSA) is 84.9 Å². The van der Waals surface area contributed by atoms with E-state index in [0.717, 1.165) is 11.1 Å². The molecule has 1 amide bonds. The highest BCUT2D eigenvalue weighted by Crippen LogP contribution is 2.22. The molecule has 28 heavy (non-hydrogen) atoms. The molecule has 6 heteroatoms. The largest absolute Gasteiger partial charge is 0.482 e. The number of hydrogen-bond acceptors (Lipinski definition) is 4. The van der Waals surface area contributed by atoms with Crippen molar-refractivity contribution in [2.24, 2.45) is 5.41 Å². The smallest absolute Gasteiger partial charge is 0.341 e. The highest BCUT2D eigenvalue weighted by molar-refractivity contribution is 5.82. The summed E-state index contributed by atoms with van der Waals surface area (Å²) in [7, 11) is 0. The minimum atomic E-state index is -1.03. The van der Waals surface area contributed by atoms with Crippen LogP contribution in [0.3, 0.4) is 0 Å². The van der Waals surface area contributed by atoms with Crippen LogP contribution in [0.15, 0.2) is 54.6 Å². The maximum absolute atomic E-state index is 12.7. The molecule has 0 radical (unpaired) electrons. The van der Waals surface area contributed by atoms with Gasteiger partial charge in [-0.1, -0.05) is 42.5 Å². The van der Waals surface area contributed by atoms with Crippen molar-refractivity contribution in [3.05, 3.63) is 65.7 Å². The van der Waals surface area contributed by atoms with Gasteiger partial charge in [0, 0.05) is 0 Å². The van der Waals surface area contributed by atoms with E-state index in [-0.39, 0.29) is 18.6 Å². The van der Waals surface area contributed by atoms with Gasteiger partial charge in [0.1, 0.15) is 5.75 Å². The average Bonchev–Trinajstić information content (AvgIpc) is 2.67. The Morgan fingerprint density at radius 1 is 1.07 bits per heavy atom. The number of carbonyl (C=O) groups excluding carboxylic acids is 1. The van der Waals surface area contributed by atoms with Crippen LogP contribution in [0.25, 0.3) is 0 Å². The Hall–Kier alpha value is -2.86. The van der Waals surface area contributed by atoms with Gasteiger partial charge in [-0.3, -0.25) is 4.79 Å². The van der Waals surface area contributed by atoms with E-state index in [4.69, 9.17) is 14.6 Å². The maximum Gasteiger partial charge on any atom is 0.341 e. The number of rotatable bonds is 10. The zero-order valence-electron chi connectivity index (χ0n) is 16.5. The summed E-state index contributed by atoms with van der Waals surface area (Å²) in [4.78, 5) is 23.2. The number of carboxylic acid groups (broad SMARTS) is 1. The molecule has 0 aliphatic rings. The second kappa shape index (κ2) is 9.90. The lowest BCUT2D eigenvalue weighted by atomic mass is 9.92. The molecular formula is C22H27NO5. The molecular weight excluding hydrogens is 358 g/mol. The number of carbonyl (C=O) groups is 2. The highest BCUT2D eigenvalue weighted by atomic mass is 16.5. The van der Waals surface area contributed by atoms with Crippen molar-refractivity contribution in [1.29, 1.82) is 0 Å². The number of nitrogens with one attached hydrogen (secondary N) is 1. The second-order valence-electron chi connectivity index (χ2n) is 7.31. The number of amides is 1. The van der Waals surface area contributed by atoms with E-state index in [1.165, 1.54) is 0 Å². The number of ether oxygens (including phenoxy) is 2. The van der Waals surface area contributed by atoms with Crippen LogP contribution in [0, 0.1) is 5.41 Å². The second-order valence-corrected chi connectivity index (χ2v) is 7.31. The predicted molar refractivity (Wildman–Crippen MR) is 106 cm³/mol. The molecule has 2 aromatic rings. The molecule has 0 fully saturated rings. The van der Waals surface area contributed by atoms with Crippen molar-refractivity contribution in [2.75, 3.05) is 13.2 Å². The number of aliphatic carboxylic acids is 1. The van der Waals surface area contributed by atoms with E-state index < -0.39 is 11.4 Å². The Bertz CT molecular complexity index is 771. The summed E-state index contributed by atoms with van der Waals surface area (Å²) < 4.78 is 10.8. The zero-order chi connectivity index (χ0) is 20.6. The first-order valence-corrected chi connectivity index (χ1v) is 9.15. The number of carboxylic acids is 1. The number of hydrogen-bond donors (Lipinski definition) is 2. The van der Waals surface area contributed by atoms with Crippen LogP contribution >= 0.6 is 0 Å². The van der Waals surface area contributed by atoms with Crippen LogP contribution < -0.4 is 10.1 Å². The predicted octanol–water partition coefficient (Wildman–Crippen LogP) is 3.57. The first-order chi connectivity index (χ1) is 13.3. The summed E-state index contributed by atoms with van der Waals surface area (Å²) in [6, 6.07) is 16.6. The first kappa shape index (κ1) is 21.4. The van der Waals surface area contributed by atoms with Crippen LogP contribution in [0.5, 0.6) is 5.75 Å². The summed E-state index contributed by atoms with van der Waals surface area (Å²) in [6.07, 6.45) is 0. The van der Waals surface area contributed by atoms with Gasteiger partial charge < -0.3 is 19.9 Å². The lowest BCUT2D eigenvalue weighted by Gasteiger charge is -2.26. The van der Waals surface area contributed by atoms with Crippen molar-refractivity contribution in [3.63, 3.8) is 0 Å². The highest BCUT2D eigenvalue weighted by Gasteiger charge is 2.29. The maximum atomic E-state index is 12.7. The van der Waals surface area contributed by atoms with Crippen LogP contribution in [-0.2, 0) is 20.9 Å². The average molecular weight is 385 g/mol. The Kier molecular flexibility index (Phi) is 7.58. The van der Waals surface area contributed by atoms with Gasteiger partial charge in [0.05, 0.1) is 24.7 Å². The third-order valence-electron chi connectivity index (χ3n) is 4.28. The van der Waals surface area contributed by atoms with E-state index in [1.54, 1.807) is 24.3 Å². The molecule has 0 heterocycles.